The van der Waals surface area contributed by atoms with Gasteiger partial charge in [-0.15, -0.1) is 0 Å². The second-order valence-corrected chi connectivity index (χ2v) is 4.84. The molecule has 0 aromatic heterocycles. The lowest BCUT2D eigenvalue weighted by Crippen LogP contribution is -2.59. The molecule has 5 heteroatoms. The van der Waals surface area contributed by atoms with E-state index in [0.29, 0.717) is 19.4 Å². The van der Waals surface area contributed by atoms with E-state index in [1.165, 1.54) is 0 Å². The molecular weight excluding hydrogens is 218 g/mol. The van der Waals surface area contributed by atoms with Crippen molar-refractivity contribution >= 4 is 11.8 Å². The van der Waals surface area contributed by atoms with Crippen LogP contribution >= 0.6 is 0 Å². The smallest absolute Gasteiger partial charge is 0.238 e. The summed E-state index contributed by atoms with van der Waals surface area (Å²) in [6.07, 6.45) is 2.40. The van der Waals surface area contributed by atoms with Crippen LogP contribution in [0.5, 0.6) is 0 Å². The molecule has 2 amide bonds. The Bertz CT molecular complexity index is 307. The maximum absolute atomic E-state index is 12.5. The van der Waals surface area contributed by atoms with Crippen molar-refractivity contribution < 1.29 is 9.59 Å². The molecule has 1 heterocycles. The zero-order valence-electron chi connectivity index (χ0n) is 10.4. The fourth-order valence-electron chi connectivity index (χ4n) is 2.57. The summed E-state index contributed by atoms with van der Waals surface area (Å²) in [6.45, 7) is 5.59. The van der Waals surface area contributed by atoms with Gasteiger partial charge in [-0.3, -0.25) is 9.59 Å². The van der Waals surface area contributed by atoms with Gasteiger partial charge in [0.2, 0.25) is 11.8 Å². The first kappa shape index (κ1) is 12.4. The molecule has 1 saturated heterocycles. The Morgan fingerprint density at radius 3 is 2.41 bits per heavy atom. The molecule has 0 aromatic rings. The van der Waals surface area contributed by atoms with Crippen molar-refractivity contribution in [3.05, 3.63) is 0 Å². The highest BCUT2D eigenvalue weighted by atomic mass is 16.2. The van der Waals surface area contributed by atoms with E-state index in [0.717, 1.165) is 32.6 Å². The van der Waals surface area contributed by atoms with Crippen molar-refractivity contribution in [1.82, 2.24) is 15.5 Å². The number of rotatable bonds is 3. The fourth-order valence-corrected chi connectivity index (χ4v) is 2.57. The largest absolute Gasteiger partial charge is 0.355 e. The second-order valence-electron chi connectivity index (χ2n) is 4.84. The van der Waals surface area contributed by atoms with E-state index in [9.17, 15) is 9.59 Å². The summed E-state index contributed by atoms with van der Waals surface area (Å²) in [6, 6.07) is 0. The Hall–Kier alpha value is -1.10. The summed E-state index contributed by atoms with van der Waals surface area (Å²) < 4.78 is 0. The molecule has 5 nitrogen and oxygen atoms in total. The molecule has 0 unspecified atom stereocenters. The first-order valence-corrected chi connectivity index (χ1v) is 6.49. The van der Waals surface area contributed by atoms with Gasteiger partial charge in [0.1, 0.15) is 5.41 Å². The molecule has 17 heavy (non-hydrogen) atoms. The molecule has 1 aliphatic carbocycles. The van der Waals surface area contributed by atoms with Crippen LogP contribution in [0.2, 0.25) is 0 Å². The van der Waals surface area contributed by atoms with Gasteiger partial charge < -0.3 is 15.5 Å². The number of carbonyl (C=O) groups excluding carboxylic acids is 2. The molecule has 2 N–H and O–H groups in total. The van der Waals surface area contributed by atoms with Gasteiger partial charge in [0.05, 0.1) is 0 Å². The number of nitrogens with one attached hydrogen (secondary N) is 2. The maximum Gasteiger partial charge on any atom is 0.238 e. The minimum absolute atomic E-state index is 0.0381. The highest BCUT2D eigenvalue weighted by Gasteiger charge is 2.52. The Morgan fingerprint density at radius 1 is 1.29 bits per heavy atom. The summed E-state index contributed by atoms with van der Waals surface area (Å²) >= 11 is 0. The first-order valence-electron chi connectivity index (χ1n) is 6.49. The fraction of sp³-hybridized carbons (Fsp3) is 0.833. The van der Waals surface area contributed by atoms with Crippen molar-refractivity contribution in [2.24, 2.45) is 5.41 Å². The molecule has 96 valence electrons. The third-order valence-electron chi connectivity index (χ3n) is 3.79. The third-order valence-corrected chi connectivity index (χ3v) is 3.79. The van der Waals surface area contributed by atoms with E-state index < -0.39 is 5.41 Å². The highest BCUT2D eigenvalue weighted by molar-refractivity contribution is 6.06. The van der Waals surface area contributed by atoms with Crippen LogP contribution in [-0.4, -0.2) is 49.4 Å². The van der Waals surface area contributed by atoms with Gasteiger partial charge in [0.25, 0.3) is 0 Å². The molecule has 2 rings (SSSR count). The van der Waals surface area contributed by atoms with Crippen molar-refractivity contribution in [3.8, 4) is 0 Å². The minimum Gasteiger partial charge on any atom is -0.355 e. The van der Waals surface area contributed by atoms with Gasteiger partial charge in [0, 0.05) is 32.7 Å². The normalized spacial score (nSPS) is 22.8. The van der Waals surface area contributed by atoms with Gasteiger partial charge in [0.15, 0.2) is 0 Å². The Balaban J connectivity index is 2.06. The van der Waals surface area contributed by atoms with E-state index in [-0.39, 0.29) is 11.8 Å². The highest BCUT2D eigenvalue weighted by Crippen LogP contribution is 2.42. The number of hydrogen-bond donors (Lipinski definition) is 2. The molecule has 1 saturated carbocycles. The van der Waals surface area contributed by atoms with Gasteiger partial charge in [-0.1, -0.05) is 6.42 Å². The maximum atomic E-state index is 12.5. The molecule has 0 atom stereocenters. The molecule has 2 aliphatic rings. The van der Waals surface area contributed by atoms with Gasteiger partial charge in [-0.05, 0) is 19.8 Å². The summed E-state index contributed by atoms with van der Waals surface area (Å²) in [5.41, 5.74) is -0.743. The lowest BCUT2D eigenvalue weighted by molar-refractivity contribution is -0.157. The quantitative estimate of drug-likeness (QED) is 0.666. The predicted molar refractivity (Wildman–Crippen MR) is 64.4 cm³/mol. The standard InChI is InChI=1S/C12H21N3O2/c1-2-14-10(16)12(4-3-5-12)11(17)15-8-6-13-7-9-15/h13H,2-9H2,1H3,(H,14,16). The summed E-state index contributed by atoms with van der Waals surface area (Å²) in [7, 11) is 0. The van der Waals surface area contributed by atoms with Crippen LogP contribution in [0.1, 0.15) is 26.2 Å². The van der Waals surface area contributed by atoms with Crippen LogP contribution in [0.3, 0.4) is 0 Å². The van der Waals surface area contributed by atoms with Gasteiger partial charge in [-0.2, -0.15) is 0 Å². The van der Waals surface area contributed by atoms with Crippen LogP contribution in [0.25, 0.3) is 0 Å². The minimum atomic E-state index is -0.743. The van der Waals surface area contributed by atoms with Crippen LogP contribution in [0.4, 0.5) is 0 Å². The van der Waals surface area contributed by atoms with E-state index >= 15 is 0 Å². The van der Waals surface area contributed by atoms with Crippen molar-refractivity contribution in [2.45, 2.75) is 26.2 Å². The van der Waals surface area contributed by atoms with Crippen LogP contribution in [0, 0.1) is 5.41 Å². The number of amides is 2. The molecule has 0 spiro atoms. The molecule has 0 bridgehead atoms. The molecule has 2 fully saturated rings. The average molecular weight is 239 g/mol. The van der Waals surface area contributed by atoms with E-state index in [1.54, 1.807) is 0 Å². The monoisotopic (exact) mass is 239 g/mol. The molecule has 0 aromatic carbocycles. The zero-order chi connectivity index (χ0) is 12.3. The molecule has 1 aliphatic heterocycles. The number of nitrogens with zero attached hydrogens (tertiary/aromatic N) is 1. The van der Waals surface area contributed by atoms with Crippen molar-refractivity contribution in [3.63, 3.8) is 0 Å². The predicted octanol–water partition coefficient (Wildman–Crippen LogP) is -0.275. The third kappa shape index (κ3) is 2.16. The van der Waals surface area contributed by atoms with E-state index in [4.69, 9.17) is 0 Å². The molecule has 0 radical (unpaired) electrons. The van der Waals surface area contributed by atoms with Crippen LogP contribution in [0.15, 0.2) is 0 Å². The number of carbonyl (C=O) groups is 2. The second kappa shape index (κ2) is 5.04. The topological polar surface area (TPSA) is 61.4 Å². The van der Waals surface area contributed by atoms with Crippen molar-refractivity contribution in [2.75, 3.05) is 32.7 Å². The lowest BCUT2D eigenvalue weighted by atomic mass is 9.67. The molecular formula is C12H21N3O2. The Labute approximate surface area is 102 Å². The average Bonchev–Trinajstić information content (AvgIpc) is 2.29. The lowest BCUT2D eigenvalue weighted by Gasteiger charge is -2.43. The Morgan fingerprint density at radius 2 is 1.94 bits per heavy atom. The van der Waals surface area contributed by atoms with Crippen molar-refractivity contribution in [1.29, 1.82) is 0 Å². The Kier molecular flexibility index (Phi) is 3.66. The SMILES string of the molecule is CCNC(=O)C1(C(=O)N2CCNCC2)CCC1. The summed E-state index contributed by atoms with van der Waals surface area (Å²) in [5.74, 6) is -0.0361. The number of piperazine rings is 1. The summed E-state index contributed by atoms with van der Waals surface area (Å²) in [4.78, 5) is 26.4. The summed E-state index contributed by atoms with van der Waals surface area (Å²) in [5, 5.41) is 6.02. The zero-order valence-corrected chi connectivity index (χ0v) is 10.4. The number of hydrogen-bond acceptors (Lipinski definition) is 3. The van der Waals surface area contributed by atoms with E-state index in [2.05, 4.69) is 10.6 Å². The van der Waals surface area contributed by atoms with Gasteiger partial charge >= 0.3 is 0 Å². The van der Waals surface area contributed by atoms with Crippen LogP contribution in [-0.2, 0) is 9.59 Å². The van der Waals surface area contributed by atoms with Gasteiger partial charge in [-0.25, -0.2) is 0 Å². The van der Waals surface area contributed by atoms with E-state index in [1.807, 2.05) is 11.8 Å². The van der Waals surface area contributed by atoms with Crippen LogP contribution < -0.4 is 10.6 Å². The first-order chi connectivity index (χ1) is 8.20.